The van der Waals surface area contributed by atoms with E-state index in [-0.39, 0.29) is 64.7 Å². The number of likely N-dealkylation sites (tertiary alicyclic amines) is 1. The van der Waals surface area contributed by atoms with Crippen molar-refractivity contribution in [1.82, 2.24) is 10.2 Å². The minimum absolute atomic E-state index is 0. The van der Waals surface area contributed by atoms with Gasteiger partial charge in [0.05, 0.1) is 16.9 Å². The molecule has 4 nitrogen and oxygen atoms in total. The number of Topliss-reactive ketones (excluding diaryl/α,β-unsaturated/α-hetero) is 2. The molecule has 0 unspecified atom stereocenters. The van der Waals surface area contributed by atoms with E-state index in [9.17, 15) is 9.59 Å². The lowest BCUT2D eigenvalue weighted by atomic mass is 10.1. The van der Waals surface area contributed by atoms with E-state index in [2.05, 4.69) is 74.7 Å². The summed E-state index contributed by atoms with van der Waals surface area (Å²) >= 11 is 3.69. The van der Waals surface area contributed by atoms with Gasteiger partial charge in [-0.15, -0.1) is 12.4 Å². The van der Waals surface area contributed by atoms with Crippen LogP contribution in [0.15, 0.2) is 60.7 Å². The van der Waals surface area contributed by atoms with Crippen LogP contribution in [0.5, 0.6) is 0 Å². The van der Waals surface area contributed by atoms with Crippen LogP contribution in [0.25, 0.3) is 0 Å². The number of nitrogens with one attached hydrogen (secondary N) is 1. The SMILES string of the molecule is BrC(c1ccccc1)c1ccccc1.C.CC(=O)[C@@H]1CCCN1.CC(=O)[C@@H]1CCCN1C.Cl.S.S. The Bertz CT molecular complexity index is 770. The van der Waals surface area contributed by atoms with Gasteiger partial charge in [0.15, 0.2) is 0 Å². The van der Waals surface area contributed by atoms with Crippen LogP contribution in [0.1, 0.15) is 62.9 Å². The first-order valence-corrected chi connectivity index (χ1v) is 12.0. The molecule has 0 saturated carbocycles. The minimum Gasteiger partial charge on any atom is -0.307 e. The van der Waals surface area contributed by atoms with Gasteiger partial charge < -0.3 is 5.32 Å². The van der Waals surface area contributed by atoms with E-state index in [0.29, 0.717) is 10.6 Å². The fourth-order valence-corrected chi connectivity index (χ4v) is 4.50. The maximum Gasteiger partial charge on any atom is 0.146 e. The predicted octanol–water partition coefficient (Wildman–Crippen LogP) is 6.45. The number of rotatable bonds is 4. The van der Waals surface area contributed by atoms with E-state index < -0.39 is 0 Å². The third-order valence-corrected chi connectivity index (χ3v) is 6.78. The van der Waals surface area contributed by atoms with Crippen LogP contribution in [-0.2, 0) is 9.59 Å². The Morgan fingerprint density at radius 2 is 1.37 bits per heavy atom. The van der Waals surface area contributed by atoms with Crippen molar-refractivity contribution in [3.63, 3.8) is 0 Å². The number of alkyl halides is 1. The highest BCUT2D eigenvalue weighted by atomic mass is 79.9. The second-order valence-electron chi connectivity index (χ2n) is 8.19. The molecule has 2 saturated heterocycles. The molecule has 0 radical (unpaired) electrons. The van der Waals surface area contributed by atoms with Gasteiger partial charge in [-0.3, -0.25) is 14.5 Å². The maximum atomic E-state index is 10.8. The number of ketones is 2. The summed E-state index contributed by atoms with van der Waals surface area (Å²) < 4.78 is 0. The Labute approximate surface area is 241 Å². The highest BCUT2D eigenvalue weighted by Gasteiger charge is 2.24. The predicted molar refractivity (Wildman–Crippen MR) is 166 cm³/mol. The minimum atomic E-state index is 0. The molecule has 2 aliphatic rings. The average Bonchev–Trinajstić information content (AvgIpc) is 3.47. The molecular formula is C27H44BrClN2O2S2. The topological polar surface area (TPSA) is 49.4 Å². The summed E-state index contributed by atoms with van der Waals surface area (Å²) in [5.74, 6) is 0.595. The van der Waals surface area contributed by atoms with Crippen LogP contribution in [-0.4, -0.2) is 48.7 Å². The molecule has 2 aromatic rings. The number of likely N-dealkylation sites (N-methyl/N-ethyl adjacent to an activating group) is 1. The lowest BCUT2D eigenvalue weighted by Gasteiger charge is -2.14. The molecule has 0 aliphatic carbocycles. The molecular weight excluding hydrogens is 564 g/mol. The molecule has 2 aliphatic heterocycles. The Hall–Kier alpha value is -0.830. The zero-order valence-electron chi connectivity index (χ0n) is 20.3. The second-order valence-corrected chi connectivity index (χ2v) is 9.11. The van der Waals surface area contributed by atoms with E-state index >= 15 is 0 Å². The van der Waals surface area contributed by atoms with Crippen molar-refractivity contribution in [3.05, 3.63) is 71.8 Å². The smallest absolute Gasteiger partial charge is 0.146 e. The van der Waals surface area contributed by atoms with Crippen molar-refractivity contribution < 1.29 is 9.59 Å². The van der Waals surface area contributed by atoms with Gasteiger partial charge in [0.1, 0.15) is 11.6 Å². The number of carbonyl (C=O) groups is 2. The van der Waals surface area contributed by atoms with E-state index in [1.165, 1.54) is 17.5 Å². The van der Waals surface area contributed by atoms with E-state index in [0.717, 1.165) is 32.4 Å². The van der Waals surface area contributed by atoms with Gasteiger partial charge in [-0.1, -0.05) is 84.0 Å². The summed E-state index contributed by atoms with van der Waals surface area (Å²) in [5.41, 5.74) is 2.58. The van der Waals surface area contributed by atoms with Crippen molar-refractivity contribution in [1.29, 1.82) is 0 Å². The van der Waals surface area contributed by atoms with Crippen LogP contribution in [0.2, 0.25) is 0 Å². The summed E-state index contributed by atoms with van der Waals surface area (Å²) in [4.78, 5) is 23.8. The molecule has 0 amide bonds. The van der Waals surface area contributed by atoms with E-state index in [1.807, 2.05) is 19.2 Å². The van der Waals surface area contributed by atoms with Gasteiger partial charge in [0, 0.05) is 0 Å². The number of carbonyl (C=O) groups excluding carboxylic acids is 2. The molecule has 2 aromatic carbocycles. The molecule has 8 heteroatoms. The van der Waals surface area contributed by atoms with Crippen molar-refractivity contribution in [2.24, 2.45) is 0 Å². The first kappa shape index (κ1) is 38.7. The maximum absolute atomic E-state index is 10.8. The van der Waals surface area contributed by atoms with Crippen LogP contribution < -0.4 is 5.32 Å². The summed E-state index contributed by atoms with van der Waals surface area (Å²) in [6.45, 7) is 5.42. The molecule has 2 atom stereocenters. The Kier molecular flexibility index (Phi) is 23.5. The highest BCUT2D eigenvalue weighted by Crippen LogP contribution is 2.29. The fourth-order valence-electron chi connectivity index (χ4n) is 3.89. The molecule has 0 bridgehead atoms. The van der Waals surface area contributed by atoms with Crippen LogP contribution in [0, 0.1) is 0 Å². The first-order chi connectivity index (χ1) is 14.9. The van der Waals surface area contributed by atoms with Crippen molar-refractivity contribution >= 4 is 66.9 Å². The molecule has 200 valence electrons. The van der Waals surface area contributed by atoms with Gasteiger partial charge in [-0.2, -0.15) is 27.0 Å². The zero-order chi connectivity index (χ0) is 22.6. The van der Waals surface area contributed by atoms with Gasteiger partial charge in [-0.25, -0.2) is 0 Å². The van der Waals surface area contributed by atoms with Gasteiger partial charge in [-0.05, 0) is 70.8 Å². The van der Waals surface area contributed by atoms with Crippen molar-refractivity contribution in [3.8, 4) is 0 Å². The summed E-state index contributed by atoms with van der Waals surface area (Å²) in [6, 6.07) is 21.2. The van der Waals surface area contributed by atoms with Crippen LogP contribution >= 0.6 is 55.3 Å². The summed E-state index contributed by atoms with van der Waals surface area (Å²) in [6.07, 6.45) is 4.44. The first-order valence-electron chi connectivity index (χ1n) is 11.1. The van der Waals surface area contributed by atoms with Gasteiger partial charge in [0.2, 0.25) is 0 Å². The Morgan fingerprint density at radius 3 is 1.63 bits per heavy atom. The monoisotopic (exact) mass is 606 g/mol. The third-order valence-electron chi connectivity index (χ3n) is 5.73. The lowest BCUT2D eigenvalue weighted by Crippen LogP contribution is -2.30. The number of halogens is 2. The van der Waals surface area contributed by atoms with Crippen LogP contribution in [0.3, 0.4) is 0 Å². The molecule has 2 heterocycles. The van der Waals surface area contributed by atoms with Crippen LogP contribution in [0.4, 0.5) is 0 Å². The van der Waals surface area contributed by atoms with Gasteiger partial charge in [0.25, 0.3) is 0 Å². The largest absolute Gasteiger partial charge is 0.307 e. The van der Waals surface area contributed by atoms with Crippen molar-refractivity contribution in [2.45, 2.75) is 63.9 Å². The molecule has 0 spiro atoms. The summed E-state index contributed by atoms with van der Waals surface area (Å²) in [7, 11) is 2.01. The lowest BCUT2D eigenvalue weighted by molar-refractivity contribution is -0.121. The summed E-state index contributed by atoms with van der Waals surface area (Å²) in [5, 5.41) is 3.11. The molecule has 1 N–H and O–H groups in total. The molecule has 0 aromatic heterocycles. The third kappa shape index (κ3) is 13.9. The number of hydrogen-bond donors (Lipinski definition) is 1. The van der Waals surface area contributed by atoms with E-state index in [1.54, 1.807) is 13.8 Å². The van der Waals surface area contributed by atoms with Gasteiger partial charge >= 0.3 is 0 Å². The van der Waals surface area contributed by atoms with E-state index in [4.69, 9.17) is 0 Å². The number of nitrogens with zero attached hydrogens (tertiary/aromatic N) is 1. The number of benzene rings is 2. The van der Waals surface area contributed by atoms with Crippen molar-refractivity contribution in [2.75, 3.05) is 20.1 Å². The standard InChI is InChI=1S/C13H11Br.C7H13NO.C6H11NO.CH4.ClH.2H2S/c14-13(11-7-3-1-4-8-11)12-9-5-2-6-10-12;1-6(9)7-4-3-5-8(7)2;1-5(8)6-3-2-4-7-6;;;;/h1-10,13H;7H,3-5H2,1-2H3;6-7H,2-4H2,1H3;1H4;1H;2*1H2/t;7-;6-;;;;/m.00..../s1. The molecule has 4 rings (SSSR count). The molecule has 35 heavy (non-hydrogen) atoms. The normalized spacial score (nSPS) is 18.1. The second kappa shape index (κ2) is 21.3. The quantitative estimate of drug-likeness (QED) is 0.406. The number of hydrogen-bond acceptors (Lipinski definition) is 4. The average molecular weight is 608 g/mol. The molecule has 2 fully saturated rings. The fraction of sp³-hybridized carbons (Fsp3) is 0.481. The Balaban J connectivity index is -0.000000434. The zero-order valence-corrected chi connectivity index (χ0v) is 24.7. The highest BCUT2D eigenvalue weighted by molar-refractivity contribution is 9.09. The Morgan fingerprint density at radius 1 is 0.886 bits per heavy atom.